The quantitative estimate of drug-likeness (QED) is 0.865. The first-order valence-electron chi connectivity index (χ1n) is 6.68. The highest BCUT2D eigenvalue weighted by Gasteiger charge is 2.33. The van der Waals surface area contributed by atoms with Crippen molar-refractivity contribution in [1.29, 1.82) is 0 Å². The molecule has 0 aliphatic carbocycles. The second kappa shape index (κ2) is 5.13. The summed E-state index contributed by atoms with van der Waals surface area (Å²) in [5.74, 6) is 0.984. The summed E-state index contributed by atoms with van der Waals surface area (Å²) in [5.41, 5.74) is 7.17. The zero-order valence-corrected chi connectivity index (χ0v) is 12.6. The molecular formula is C14H22N2O2S. The number of hydrogen-bond donors (Lipinski definition) is 1. The fraction of sp³-hybridized carbons (Fsp3) is 0.571. The van der Waals surface area contributed by atoms with Crippen molar-refractivity contribution in [2.24, 2.45) is 11.8 Å². The van der Waals surface area contributed by atoms with Gasteiger partial charge < -0.3 is 5.73 Å². The molecule has 1 aliphatic heterocycles. The number of nitrogens with two attached hydrogens (primary N) is 1. The number of nitrogen functional groups attached to an aromatic ring is 1. The molecule has 1 atom stereocenters. The summed E-state index contributed by atoms with van der Waals surface area (Å²) < 4.78 is 26.7. The Balaban J connectivity index is 2.26. The van der Waals surface area contributed by atoms with Crippen LogP contribution in [0.1, 0.15) is 25.8 Å². The van der Waals surface area contributed by atoms with Gasteiger partial charge in [-0.2, -0.15) is 4.31 Å². The summed E-state index contributed by atoms with van der Waals surface area (Å²) in [6, 6.07) is 4.92. The molecule has 0 saturated carbocycles. The molecule has 4 nitrogen and oxygen atoms in total. The number of anilines is 1. The minimum Gasteiger partial charge on any atom is -0.399 e. The standard InChI is InChI=1S/C14H22N2O2S/c1-10(2)12-6-7-16(9-12)19(17,18)13-4-5-14(15)11(3)8-13/h4-5,8,10,12H,6-7,9,15H2,1-3H3. The molecular weight excluding hydrogens is 260 g/mol. The summed E-state index contributed by atoms with van der Waals surface area (Å²) >= 11 is 0. The third kappa shape index (κ3) is 2.77. The van der Waals surface area contributed by atoms with Gasteiger partial charge in [0.25, 0.3) is 0 Å². The first kappa shape index (κ1) is 14.3. The molecule has 1 aromatic rings. The average molecular weight is 282 g/mol. The molecule has 2 N–H and O–H groups in total. The second-order valence-electron chi connectivity index (χ2n) is 5.67. The van der Waals surface area contributed by atoms with E-state index in [1.54, 1.807) is 22.5 Å². The Kier molecular flexibility index (Phi) is 3.87. The lowest BCUT2D eigenvalue weighted by Crippen LogP contribution is -2.29. The number of rotatable bonds is 3. The van der Waals surface area contributed by atoms with Gasteiger partial charge in [0, 0.05) is 18.8 Å². The van der Waals surface area contributed by atoms with Crippen molar-refractivity contribution in [2.75, 3.05) is 18.8 Å². The van der Waals surface area contributed by atoms with Crippen LogP contribution >= 0.6 is 0 Å². The molecule has 1 aromatic carbocycles. The maximum atomic E-state index is 12.6. The van der Waals surface area contributed by atoms with Crippen LogP contribution in [0.5, 0.6) is 0 Å². The normalized spacial score (nSPS) is 21.2. The lowest BCUT2D eigenvalue weighted by atomic mass is 9.96. The Morgan fingerprint density at radius 1 is 1.37 bits per heavy atom. The highest BCUT2D eigenvalue weighted by atomic mass is 32.2. The van der Waals surface area contributed by atoms with Crippen LogP contribution in [-0.4, -0.2) is 25.8 Å². The summed E-state index contributed by atoms with van der Waals surface area (Å²) in [7, 11) is -3.37. The van der Waals surface area contributed by atoms with Crippen molar-refractivity contribution in [3.8, 4) is 0 Å². The zero-order chi connectivity index (χ0) is 14.2. The van der Waals surface area contributed by atoms with E-state index in [9.17, 15) is 8.42 Å². The van der Waals surface area contributed by atoms with Gasteiger partial charge in [0.15, 0.2) is 0 Å². The monoisotopic (exact) mass is 282 g/mol. The number of benzene rings is 1. The predicted octanol–water partition coefficient (Wildman–Crippen LogP) is 2.24. The fourth-order valence-corrected chi connectivity index (χ4v) is 4.07. The van der Waals surface area contributed by atoms with Gasteiger partial charge in [-0.3, -0.25) is 0 Å². The predicted molar refractivity (Wildman–Crippen MR) is 77.3 cm³/mol. The highest BCUT2D eigenvalue weighted by molar-refractivity contribution is 7.89. The van der Waals surface area contributed by atoms with Crippen LogP contribution in [0.4, 0.5) is 5.69 Å². The van der Waals surface area contributed by atoms with Gasteiger partial charge in [0.05, 0.1) is 4.90 Å². The van der Waals surface area contributed by atoms with Crippen LogP contribution in [0.2, 0.25) is 0 Å². The molecule has 5 heteroatoms. The SMILES string of the molecule is Cc1cc(S(=O)(=O)N2CCC(C(C)C)C2)ccc1N. The van der Waals surface area contributed by atoms with Gasteiger partial charge in [-0.25, -0.2) is 8.42 Å². The maximum Gasteiger partial charge on any atom is 0.243 e. The third-order valence-electron chi connectivity index (χ3n) is 4.01. The van der Waals surface area contributed by atoms with E-state index in [0.29, 0.717) is 35.5 Å². The highest BCUT2D eigenvalue weighted by Crippen LogP contribution is 2.29. The molecule has 1 saturated heterocycles. The number of nitrogens with zero attached hydrogens (tertiary/aromatic N) is 1. The minimum absolute atomic E-state index is 0.351. The molecule has 0 radical (unpaired) electrons. The molecule has 0 bridgehead atoms. The summed E-state index contributed by atoms with van der Waals surface area (Å²) in [6.07, 6.45) is 0.949. The van der Waals surface area contributed by atoms with E-state index < -0.39 is 10.0 Å². The van der Waals surface area contributed by atoms with Crippen LogP contribution in [0.15, 0.2) is 23.1 Å². The Morgan fingerprint density at radius 2 is 2.05 bits per heavy atom. The Bertz CT molecular complexity index is 567. The first-order valence-corrected chi connectivity index (χ1v) is 8.12. The lowest BCUT2D eigenvalue weighted by Gasteiger charge is -2.18. The van der Waals surface area contributed by atoms with Gasteiger partial charge in [0.2, 0.25) is 10.0 Å². The molecule has 106 valence electrons. The lowest BCUT2D eigenvalue weighted by molar-refractivity contribution is 0.388. The largest absolute Gasteiger partial charge is 0.399 e. The second-order valence-corrected chi connectivity index (χ2v) is 7.61. The molecule has 1 fully saturated rings. The Morgan fingerprint density at radius 3 is 2.58 bits per heavy atom. The van der Waals surface area contributed by atoms with Gasteiger partial charge in [-0.15, -0.1) is 0 Å². The van der Waals surface area contributed by atoms with Crippen LogP contribution in [-0.2, 0) is 10.0 Å². The summed E-state index contributed by atoms with van der Waals surface area (Å²) in [6.45, 7) is 7.37. The van der Waals surface area contributed by atoms with Crippen molar-refractivity contribution in [1.82, 2.24) is 4.31 Å². The summed E-state index contributed by atoms with van der Waals surface area (Å²) in [5, 5.41) is 0. The number of hydrogen-bond acceptors (Lipinski definition) is 3. The van der Waals surface area contributed by atoms with Crippen molar-refractivity contribution < 1.29 is 8.42 Å². The fourth-order valence-electron chi connectivity index (χ4n) is 2.47. The van der Waals surface area contributed by atoms with Crippen molar-refractivity contribution in [2.45, 2.75) is 32.1 Å². The molecule has 2 rings (SSSR count). The van der Waals surface area contributed by atoms with E-state index in [1.807, 2.05) is 6.92 Å². The van der Waals surface area contributed by atoms with Crippen LogP contribution in [0, 0.1) is 18.8 Å². The van der Waals surface area contributed by atoms with Gasteiger partial charge in [-0.1, -0.05) is 13.8 Å². The maximum absolute atomic E-state index is 12.6. The summed E-state index contributed by atoms with van der Waals surface area (Å²) in [4.78, 5) is 0.351. The molecule has 1 aliphatic rings. The first-order chi connectivity index (χ1) is 8.82. The third-order valence-corrected chi connectivity index (χ3v) is 5.87. The van der Waals surface area contributed by atoms with E-state index in [2.05, 4.69) is 13.8 Å². The average Bonchev–Trinajstić information content (AvgIpc) is 2.82. The number of sulfonamides is 1. The van der Waals surface area contributed by atoms with E-state index in [-0.39, 0.29) is 0 Å². The molecule has 1 unspecified atom stereocenters. The van der Waals surface area contributed by atoms with Crippen LogP contribution in [0.3, 0.4) is 0 Å². The Hall–Kier alpha value is -1.07. The van der Waals surface area contributed by atoms with Crippen molar-refractivity contribution >= 4 is 15.7 Å². The van der Waals surface area contributed by atoms with E-state index in [4.69, 9.17) is 5.73 Å². The topological polar surface area (TPSA) is 63.4 Å². The van der Waals surface area contributed by atoms with Crippen LogP contribution < -0.4 is 5.73 Å². The van der Waals surface area contributed by atoms with Crippen molar-refractivity contribution in [3.63, 3.8) is 0 Å². The van der Waals surface area contributed by atoms with E-state index >= 15 is 0 Å². The number of aryl methyl sites for hydroxylation is 1. The molecule has 1 heterocycles. The Labute approximate surface area is 115 Å². The van der Waals surface area contributed by atoms with Gasteiger partial charge in [-0.05, 0) is 48.9 Å². The van der Waals surface area contributed by atoms with Gasteiger partial charge in [0.1, 0.15) is 0 Å². The van der Waals surface area contributed by atoms with Crippen LogP contribution in [0.25, 0.3) is 0 Å². The molecule has 0 aromatic heterocycles. The van der Waals surface area contributed by atoms with Crippen molar-refractivity contribution in [3.05, 3.63) is 23.8 Å². The molecule has 0 amide bonds. The zero-order valence-electron chi connectivity index (χ0n) is 11.8. The smallest absolute Gasteiger partial charge is 0.243 e. The van der Waals surface area contributed by atoms with Gasteiger partial charge >= 0.3 is 0 Å². The molecule has 19 heavy (non-hydrogen) atoms. The molecule has 0 spiro atoms. The van der Waals surface area contributed by atoms with E-state index in [1.165, 1.54) is 0 Å². The van der Waals surface area contributed by atoms with E-state index in [0.717, 1.165) is 12.0 Å². The minimum atomic E-state index is -3.37.